The summed E-state index contributed by atoms with van der Waals surface area (Å²) < 4.78 is 25.3. The van der Waals surface area contributed by atoms with E-state index in [0.717, 1.165) is 38.9 Å². The van der Waals surface area contributed by atoms with Crippen molar-refractivity contribution in [3.8, 4) is 0 Å². The van der Waals surface area contributed by atoms with Gasteiger partial charge in [0.05, 0.1) is 0 Å². The molecule has 0 rings (SSSR count). The van der Waals surface area contributed by atoms with Crippen LogP contribution < -0.4 is 0 Å². The molecule has 0 heterocycles. The maximum absolute atomic E-state index is 6.40. The third-order valence-electron chi connectivity index (χ3n) is 6.79. The molecule has 0 aliphatic rings. The van der Waals surface area contributed by atoms with E-state index in [1.165, 1.54) is 12.8 Å². The largest absolute Gasteiger partial charge is 0.394 e. The molecule has 0 aromatic rings. The summed E-state index contributed by atoms with van der Waals surface area (Å²) in [6.45, 7) is 32.8. The first kappa shape index (κ1) is 36.4. The summed E-state index contributed by atoms with van der Waals surface area (Å²) in [7, 11) is -4.14. The normalized spacial score (nSPS) is 14.6. The van der Waals surface area contributed by atoms with Crippen LogP contribution in [0.1, 0.15) is 135 Å². The standard InChI is InChI=1S/2C14H32O2Si/c1-9-13(7)15-17(11(3)4,12(5)6)16-14(8)10-2;1-7-9-11-15-17(13(3)4,14(5)6)16-12-10-8-2/h11-14H,9-10H2,1-8H3;13-14H,7-12H2,1-6H3. The second kappa shape index (κ2) is 19.4. The quantitative estimate of drug-likeness (QED) is 0.133. The van der Waals surface area contributed by atoms with Gasteiger partial charge in [-0.2, -0.15) is 0 Å². The minimum Gasteiger partial charge on any atom is -0.394 e. The van der Waals surface area contributed by atoms with E-state index >= 15 is 0 Å². The molecule has 0 N–H and O–H groups in total. The Morgan fingerprint density at radius 1 is 0.471 bits per heavy atom. The fraction of sp³-hybridized carbons (Fsp3) is 1.00. The molecule has 0 aliphatic carbocycles. The SMILES string of the molecule is CCC(C)O[Si](OC(C)CC)(C(C)C)C(C)C.CCCCO[Si](OCCCC)(C(C)C)C(C)C. The van der Waals surface area contributed by atoms with Gasteiger partial charge in [0.1, 0.15) is 0 Å². The number of rotatable bonds is 18. The Labute approximate surface area is 217 Å². The smallest absolute Gasteiger partial charge is 0.343 e. The maximum Gasteiger partial charge on any atom is 0.343 e. The van der Waals surface area contributed by atoms with Crippen LogP contribution in [0, 0.1) is 0 Å². The minimum atomic E-state index is -2.12. The van der Waals surface area contributed by atoms with Gasteiger partial charge >= 0.3 is 17.1 Å². The molecule has 0 saturated heterocycles. The summed E-state index contributed by atoms with van der Waals surface area (Å²) in [4.78, 5) is 0. The Kier molecular flexibility index (Phi) is 20.8. The van der Waals surface area contributed by atoms with Crippen LogP contribution >= 0.6 is 0 Å². The van der Waals surface area contributed by atoms with E-state index < -0.39 is 17.1 Å². The fourth-order valence-electron chi connectivity index (χ4n) is 4.16. The molecule has 2 unspecified atom stereocenters. The lowest BCUT2D eigenvalue weighted by Crippen LogP contribution is -2.51. The van der Waals surface area contributed by atoms with E-state index in [4.69, 9.17) is 17.7 Å². The number of unbranched alkanes of at least 4 members (excludes halogenated alkanes) is 2. The van der Waals surface area contributed by atoms with Crippen molar-refractivity contribution in [2.45, 2.75) is 170 Å². The van der Waals surface area contributed by atoms with Gasteiger partial charge in [-0.25, -0.2) is 0 Å². The molecule has 34 heavy (non-hydrogen) atoms. The van der Waals surface area contributed by atoms with Crippen molar-refractivity contribution in [2.75, 3.05) is 13.2 Å². The Balaban J connectivity index is 0. The van der Waals surface area contributed by atoms with Crippen molar-refractivity contribution in [3.63, 3.8) is 0 Å². The van der Waals surface area contributed by atoms with Crippen LogP contribution in [-0.2, 0) is 17.7 Å². The van der Waals surface area contributed by atoms with Gasteiger partial charge in [0.2, 0.25) is 0 Å². The summed E-state index contributed by atoms with van der Waals surface area (Å²) in [5.74, 6) is 0. The number of hydrogen-bond donors (Lipinski definition) is 0. The molecule has 208 valence electrons. The molecular weight excluding hydrogens is 456 g/mol. The summed E-state index contributed by atoms with van der Waals surface area (Å²) in [5.41, 5.74) is 2.03. The average molecular weight is 521 g/mol. The molecule has 0 aromatic heterocycles. The van der Waals surface area contributed by atoms with Crippen LogP contribution in [0.25, 0.3) is 0 Å². The van der Waals surface area contributed by atoms with Crippen molar-refractivity contribution < 1.29 is 17.7 Å². The van der Waals surface area contributed by atoms with Crippen molar-refractivity contribution in [3.05, 3.63) is 0 Å². The molecule has 0 spiro atoms. The predicted molar refractivity (Wildman–Crippen MR) is 155 cm³/mol. The summed E-state index contributed by atoms with van der Waals surface area (Å²) in [5, 5.41) is 0. The van der Waals surface area contributed by atoms with E-state index in [9.17, 15) is 0 Å². The molecule has 0 bridgehead atoms. The highest BCUT2D eigenvalue weighted by molar-refractivity contribution is 6.70. The lowest BCUT2D eigenvalue weighted by Gasteiger charge is -2.41. The van der Waals surface area contributed by atoms with Gasteiger partial charge in [-0.15, -0.1) is 0 Å². The lowest BCUT2D eigenvalue weighted by molar-refractivity contribution is 0.0762. The van der Waals surface area contributed by atoms with Gasteiger partial charge in [-0.05, 0) is 61.7 Å². The van der Waals surface area contributed by atoms with Crippen LogP contribution in [0.5, 0.6) is 0 Å². The highest BCUT2D eigenvalue weighted by Crippen LogP contribution is 2.37. The minimum absolute atomic E-state index is 0.301. The zero-order valence-electron chi connectivity index (χ0n) is 25.8. The fourth-order valence-corrected chi connectivity index (χ4v) is 11.9. The number of hydrogen-bond acceptors (Lipinski definition) is 4. The average Bonchev–Trinajstić information content (AvgIpc) is 2.77. The monoisotopic (exact) mass is 520 g/mol. The first-order valence-electron chi connectivity index (χ1n) is 14.4. The van der Waals surface area contributed by atoms with E-state index in [2.05, 4.69) is 96.9 Å². The molecule has 4 nitrogen and oxygen atoms in total. The van der Waals surface area contributed by atoms with Gasteiger partial charge in [-0.1, -0.05) is 95.9 Å². The van der Waals surface area contributed by atoms with Crippen molar-refractivity contribution in [2.24, 2.45) is 0 Å². The van der Waals surface area contributed by atoms with Gasteiger partial charge < -0.3 is 17.7 Å². The summed E-state index contributed by atoms with van der Waals surface area (Å²) in [6, 6.07) is 0. The Morgan fingerprint density at radius 3 is 0.971 bits per heavy atom. The van der Waals surface area contributed by atoms with E-state index in [1.807, 2.05) is 0 Å². The Bertz CT molecular complexity index is 427. The third-order valence-corrected chi connectivity index (χ3v) is 16.1. The highest BCUT2D eigenvalue weighted by atomic mass is 28.4. The Morgan fingerprint density at radius 2 is 0.765 bits per heavy atom. The molecule has 0 aliphatic heterocycles. The van der Waals surface area contributed by atoms with Crippen LogP contribution in [0.3, 0.4) is 0 Å². The second-order valence-corrected chi connectivity index (χ2v) is 19.7. The first-order valence-corrected chi connectivity index (χ1v) is 18.4. The molecule has 0 fully saturated rings. The molecule has 0 saturated carbocycles. The molecule has 6 heteroatoms. The van der Waals surface area contributed by atoms with E-state index in [-0.39, 0.29) is 0 Å². The predicted octanol–water partition coefficient (Wildman–Crippen LogP) is 9.76. The van der Waals surface area contributed by atoms with Crippen LogP contribution in [0.2, 0.25) is 22.2 Å². The van der Waals surface area contributed by atoms with Crippen molar-refractivity contribution in [1.82, 2.24) is 0 Å². The zero-order valence-corrected chi connectivity index (χ0v) is 27.8. The molecule has 0 radical (unpaired) electrons. The Hall–Kier alpha value is 0.274. The van der Waals surface area contributed by atoms with Crippen molar-refractivity contribution in [1.29, 1.82) is 0 Å². The third kappa shape index (κ3) is 12.5. The second-order valence-electron chi connectivity index (χ2n) is 11.1. The first-order chi connectivity index (χ1) is 15.8. The molecule has 0 aromatic carbocycles. The lowest BCUT2D eigenvalue weighted by atomic mass is 10.3. The van der Waals surface area contributed by atoms with Gasteiger partial charge in [0.15, 0.2) is 0 Å². The van der Waals surface area contributed by atoms with Crippen molar-refractivity contribution >= 4 is 17.1 Å². The summed E-state index contributed by atoms with van der Waals surface area (Å²) >= 11 is 0. The highest BCUT2D eigenvalue weighted by Gasteiger charge is 2.47. The summed E-state index contributed by atoms with van der Waals surface area (Å²) in [6.07, 6.45) is 7.38. The van der Waals surface area contributed by atoms with Gasteiger partial charge in [-0.3, -0.25) is 0 Å². The molecular formula is C28H64O4Si2. The van der Waals surface area contributed by atoms with E-state index in [0.29, 0.717) is 34.4 Å². The molecule has 2 atom stereocenters. The van der Waals surface area contributed by atoms with Crippen LogP contribution in [-0.4, -0.2) is 42.5 Å². The maximum atomic E-state index is 6.40. The zero-order chi connectivity index (χ0) is 26.9. The van der Waals surface area contributed by atoms with Crippen LogP contribution in [0.15, 0.2) is 0 Å². The van der Waals surface area contributed by atoms with E-state index in [1.54, 1.807) is 0 Å². The van der Waals surface area contributed by atoms with Crippen LogP contribution in [0.4, 0.5) is 0 Å². The topological polar surface area (TPSA) is 36.9 Å². The van der Waals surface area contributed by atoms with Gasteiger partial charge in [0.25, 0.3) is 0 Å². The van der Waals surface area contributed by atoms with Gasteiger partial charge in [0, 0.05) is 25.4 Å². The molecule has 0 amide bonds.